The molecule has 25 heavy (non-hydrogen) atoms. The minimum Gasteiger partial charge on any atom is -0.471 e. The maximum Gasteiger partial charge on any atom is 0.221 e. The Morgan fingerprint density at radius 3 is 2.60 bits per heavy atom. The smallest absolute Gasteiger partial charge is 0.221 e. The van der Waals surface area contributed by atoms with E-state index < -0.39 is 0 Å². The van der Waals surface area contributed by atoms with E-state index in [1.807, 2.05) is 27.0 Å². The summed E-state index contributed by atoms with van der Waals surface area (Å²) in [4.78, 5) is 6.88. The van der Waals surface area contributed by atoms with Crippen LogP contribution in [0.25, 0.3) is 10.8 Å². The summed E-state index contributed by atoms with van der Waals surface area (Å²) in [6.07, 6.45) is 2.93. The van der Waals surface area contributed by atoms with Crippen LogP contribution in [0, 0.1) is 0 Å². The van der Waals surface area contributed by atoms with Crippen LogP contribution in [0.2, 0.25) is 0 Å². The molecule has 2 aromatic carbocycles. The predicted octanol–water partition coefficient (Wildman–Crippen LogP) is 4.97. The molecule has 0 unspecified atom stereocenters. The third-order valence-electron chi connectivity index (χ3n) is 4.61. The Morgan fingerprint density at radius 2 is 1.80 bits per heavy atom. The normalized spacial score (nSPS) is 14.4. The SMILES string of the molecule is CC(C)(C)Oc1nccc2cc(N3CCc4ccccc4C3)ccc12. The summed E-state index contributed by atoms with van der Waals surface area (Å²) in [5.74, 6) is 0.709. The molecule has 3 aromatic rings. The predicted molar refractivity (Wildman–Crippen MR) is 103 cm³/mol. The van der Waals surface area contributed by atoms with Crippen molar-refractivity contribution in [1.29, 1.82) is 0 Å². The van der Waals surface area contributed by atoms with Gasteiger partial charge in [-0.1, -0.05) is 24.3 Å². The molecular formula is C22H24N2O. The van der Waals surface area contributed by atoms with Crippen LogP contribution in [0.15, 0.2) is 54.7 Å². The summed E-state index contributed by atoms with van der Waals surface area (Å²) in [6, 6.07) is 17.4. The van der Waals surface area contributed by atoms with E-state index in [-0.39, 0.29) is 5.60 Å². The zero-order valence-corrected chi connectivity index (χ0v) is 15.1. The zero-order chi connectivity index (χ0) is 17.4. The highest BCUT2D eigenvalue weighted by Crippen LogP contribution is 2.31. The van der Waals surface area contributed by atoms with Gasteiger partial charge >= 0.3 is 0 Å². The highest BCUT2D eigenvalue weighted by molar-refractivity contribution is 5.89. The highest BCUT2D eigenvalue weighted by Gasteiger charge is 2.18. The molecule has 0 fully saturated rings. The van der Waals surface area contributed by atoms with Crippen molar-refractivity contribution in [3.05, 3.63) is 65.9 Å². The number of pyridine rings is 1. The molecule has 3 heteroatoms. The Balaban J connectivity index is 1.66. The quantitative estimate of drug-likeness (QED) is 0.662. The van der Waals surface area contributed by atoms with Crippen LogP contribution < -0.4 is 9.64 Å². The van der Waals surface area contributed by atoms with Gasteiger partial charge in [0.15, 0.2) is 0 Å². The number of anilines is 1. The minimum atomic E-state index is -0.253. The fraction of sp³-hybridized carbons (Fsp3) is 0.318. The monoisotopic (exact) mass is 332 g/mol. The Morgan fingerprint density at radius 1 is 1.00 bits per heavy atom. The Bertz CT molecular complexity index is 911. The molecule has 0 aliphatic carbocycles. The van der Waals surface area contributed by atoms with Gasteiger partial charge < -0.3 is 9.64 Å². The van der Waals surface area contributed by atoms with Gasteiger partial charge in [0, 0.05) is 30.4 Å². The van der Waals surface area contributed by atoms with Gasteiger partial charge in [-0.2, -0.15) is 0 Å². The first-order valence-electron chi connectivity index (χ1n) is 8.89. The molecule has 0 bridgehead atoms. The van der Waals surface area contributed by atoms with Crippen molar-refractivity contribution in [2.75, 3.05) is 11.4 Å². The Kier molecular flexibility index (Phi) is 3.87. The maximum absolute atomic E-state index is 6.02. The van der Waals surface area contributed by atoms with Crippen molar-refractivity contribution in [2.45, 2.75) is 39.3 Å². The van der Waals surface area contributed by atoms with Crippen molar-refractivity contribution in [3.8, 4) is 5.88 Å². The number of fused-ring (bicyclic) bond motifs is 2. The fourth-order valence-corrected chi connectivity index (χ4v) is 3.42. The third kappa shape index (κ3) is 3.32. The Labute approximate surface area is 149 Å². The highest BCUT2D eigenvalue weighted by atomic mass is 16.5. The Hall–Kier alpha value is -2.55. The molecule has 0 radical (unpaired) electrons. The van der Waals surface area contributed by atoms with E-state index in [1.165, 1.54) is 22.2 Å². The van der Waals surface area contributed by atoms with Gasteiger partial charge in [0.25, 0.3) is 0 Å². The third-order valence-corrected chi connectivity index (χ3v) is 4.61. The number of hydrogen-bond donors (Lipinski definition) is 0. The number of rotatable bonds is 2. The van der Waals surface area contributed by atoms with Crippen molar-refractivity contribution in [3.63, 3.8) is 0 Å². The number of ether oxygens (including phenoxy) is 1. The van der Waals surface area contributed by atoms with Crippen LogP contribution in [0.1, 0.15) is 31.9 Å². The summed E-state index contributed by atoms with van der Waals surface area (Å²) in [5.41, 5.74) is 3.91. The number of nitrogens with zero attached hydrogens (tertiary/aromatic N) is 2. The van der Waals surface area contributed by atoms with Gasteiger partial charge in [0.05, 0.1) is 0 Å². The van der Waals surface area contributed by atoms with Gasteiger partial charge in [0.1, 0.15) is 5.60 Å². The molecule has 2 heterocycles. The second kappa shape index (κ2) is 6.07. The van der Waals surface area contributed by atoms with E-state index in [1.54, 1.807) is 0 Å². The van der Waals surface area contributed by atoms with Crippen molar-refractivity contribution < 1.29 is 4.74 Å². The molecule has 1 aliphatic heterocycles. The van der Waals surface area contributed by atoms with Gasteiger partial charge in [0.2, 0.25) is 5.88 Å². The van der Waals surface area contributed by atoms with E-state index in [2.05, 4.69) is 58.4 Å². The topological polar surface area (TPSA) is 25.4 Å². The lowest BCUT2D eigenvalue weighted by atomic mass is 9.99. The standard InChI is InChI=1S/C22H24N2O/c1-22(2,3)25-21-20-9-8-19(14-17(20)10-12-23-21)24-13-11-16-6-4-5-7-18(16)15-24/h4-10,12,14H,11,13,15H2,1-3H3. The van der Waals surface area contributed by atoms with E-state index in [0.717, 1.165) is 24.9 Å². The molecule has 3 nitrogen and oxygen atoms in total. The first-order valence-corrected chi connectivity index (χ1v) is 8.89. The van der Waals surface area contributed by atoms with E-state index in [9.17, 15) is 0 Å². The second-order valence-corrected chi connectivity index (χ2v) is 7.68. The minimum absolute atomic E-state index is 0.253. The summed E-state index contributed by atoms with van der Waals surface area (Å²) < 4.78 is 6.02. The first-order chi connectivity index (χ1) is 12.0. The molecule has 0 saturated heterocycles. The summed E-state index contributed by atoms with van der Waals surface area (Å²) >= 11 is 0. The molecule has 0 atom stereocenters. The largest absolute Gasteiger partial charge is 0.471 e. The zero-order valence-electron chi connectivity index (χ0n) is 15.1. The molecule has 128 valence electrons. The van der Waals surface area contributed by atoms with Gasteiger partial charge in [-0.3, -0.25) is 0 Å². The lowest BCUT2D eigenvalue weighted by Gasteiger charge is -2.31. The molecule has 0 N–H and O–H groups in total. The van der Waals surface area contributed by atoms with Crippen molar-refractivity contribution in [1.82, 2.24) is 4.98 Å². The molecule has 0 amide bonds. The van der Waals surface area contributed by atoms with Crippen LogP contribution in [0.3, 0.4) is 0 Å². The second-order valence-electron chi connectivity index (χ2n) is 7.68. The molecule has 1 aliphatic rings. The van der Waals surface area contributed by atoms with Gasteiger partial charge in [-0.15, -0.1) is 0 Å². The number of benzene rings is 2. The van der Waals surface area contributed by atoms with E-state index >= 15 is 0 Å². The summed E-state index contributed by atoms with van der Waals surface area (Å²) in [7, 11) is 0. The number of hydrogen-bond acceptors (Lipinski definition) is 3. The van der Waals surface area contributed by atoms with Crippen LogP contribution in [-0.4, -0.2) is 17.1 Å². The molecule has 4 rings (SSSR count). The molecule has 0 saturated carbocycles. The summed E-state index contributed by atoms with van der Waals surface area (Å²) in [5, 5.41) is 2.24. The first kappa shape index (κ1) is 15.9. The van der Waals surface area contributed by atoms with Crippen LogP contribution in [0.4, 0.5) is 5.69 Å². The van der Waals surface area contributed by atoms with E-state index in [0.29, 0.717) is 5.88 Å². The van der Waals surface area contributed by atoms with Gasteiger partial charge in [-0.25, -0.2) is 4.98 Å². The van der Waals surface area contributed by atoms with Crippen molar-refractivity contribution in [2.24, 2.45) is 0 Å². The molecule has 0 spiro atoms. The lowest BCUT2D eigenvalue weighted by molar-refractivity contribution is 0.126. The fourth-order valence-electron chi connectivity index (χ4n) is 3.42. The number of aromatic nitrogens is 1. The summed E-state index contributed by atoms with van der Waals surface area (Å²) in [6.45, 7) is 8.17. The van der Waals surface area contributed by atoms with Crippen molar-refractivity contribution >= 4 is 16.5 Å². The lowest BCUT2D eigenvalue weighted by Crippen LogP contribution is -2.30. The molecular weight excluding hydrogens is 308 g/mol. The van der Waals surface area contributed by atoms with Crippen LogP contribution in [0.5, 0.6) is 5.88 Å². The average molecular weight is 332 g/mol. The van der Waals surface area contributed by atoms with E-state index in [4.69, 9.17) is 4.74 Å². The van der Waals surface area contributed by atoms with Crippen LogP contribution in [-0.2, 0) is 13.0 Å². The maximum atomic E-state index is 6.02. The van der Waals surface area contributed by atoms with Crippen LogP contribution >= 0.6 is 0 Å². The van der Waals surface area contributed by atoms with Gasteiger partial charge in [-0.05, 0) is 68.0 Å². The molecule has 1 aromatic heterocycles. The average Bonchev–Trinajstić information content (AvgIpc) is 2.60.